The van der Waals surface area contributed by atoms with Crippen LogP contribution in [0.25, 0.3) is 27.8 Å². The summed E-state index contributed by atoms with van der Waals surface area (Å²) in [6, 6.07) is 19.6. The van der Waals surface area contributed by atoms with Crippen LogP contribution in [0.1, 0.15) is 15.9 Å². The quantitative estimate of drug-likeness (QED) is 0.407. The zero-order valence-corrected chi connectivity index (χ0v) is 18.5. The number of aromatic amines is 1. The van der Waals surface area contributed by atoms with Gasteiger partial charge >= 0.3 is 0 Å². The number of nitrogens with one attached hydrogen (secondary N) is 2. The number of hydrogen-bond donors (Lipinski definition) is 2. The summed E-state index contributed by atoms with van der Waals surface area (Å²) in [4.78, 5) is 29.8. The van der Waals surface area contributed by atoms with Gasteiger partial charge in [-0.15, -0.1) is 0 Å². The van der Waals surface area contributed by atoms with Crippen molar-refractivity contribution in [3.8, 4) is 22.8 Å². The molecule has 170 valence electrons. The van der Waals surface area contributed by atoms with Gasteiger partial charge in [-0.1, -0.05) is 12.1 Å². The van der Waals surface area contributed by atoms with Crippen molar-refractivity contribution in [3.05, 3.63) is 88.2 Å². The van der Waals surface area contributed by atoms with Crippen molar-refractivity contribution in [1.29, 1.82) is 0 Å². The summed E-state index contributed by atoms with van der Waals surface area (Å²) in [5, 5.41) is 10.6. The molecule has 0 aliphatic carbocycles. The van der Waals surface area contributed by atoms with Gasteiger partial charge in [0.2, 0.25) is 0 Å². The molecule has 2 aromatic heterocycles. The number of benzene rings is 3. The van der Waals surface area contributed by atoms with Crippen LogP contribution >= 0.6 is 0 Å². The summed E-state index contributed by atoms with van der Waals surface area (Å²) in [5.41, 5.74) is 3.11. The highest BCUT2D eigenvalue weighted by atomic mass is 16.5. The first kappa shape index (κ1) is 21.2. The van der Waals surface area contributed by atoms with Gasteiger partial charge in [0.25, 0.3) is 11.5 Å². The molecule has 0 saturated heterocycles. The molecule has 5 rings (SSSR count). The zero-order valence-electron chi connectivity index (χ0n) is 18.5. The molecule has 2 heterocycles. The summed E-state index contributed by atoms with van der Waals surface area (Å²) in [5.74, 6) is 1.17. The van der Waals surface area contributed by atoms with Gasteiger partial charge < -0.3 is 14.8 Å². The van der Waals surface area contributed by atoms with Crippen molar-refractivity contribution in [2.75, 3.05) is 14.2 Å². The van der Waals surface area contributed by atoms with E-state index in [1.54, 1.807) is 36.9 Å². The summed E-state index contributed by atoms with van der Waals surface area (Å²) in [7, 11) is 3.19. The van der Waals surface area contributed by atoms with Gasteiger partial charge in [-0.2, -0.15) is 10.1 Å². The lowest BCUT2D eigenvalue weighted by atomic mass is 10.1. The first-order valence-corrected chi connectivity index (χ1v) is 10.5. The Bertz CT molecular complexity index is 1570. The maximum absolute atomic E-state index is 12.8. The Morgan fingerprint density at radius 1 is 1.00 bits per heavy atom. The molecule has 34 heavy (non-hydrogen) atoms. The van der Waals surface area contributed by atoms with Crippen molar-refractivity contribution in [2.45, 2.75) is 6.54 Å². The van der Waals surface area contributed by atoms with E-state index in [0.29, 0.717) is 40.1 Å². The van der Waals surface area contributed by atoms with Gasteiger partial charge in [-0.3, -0.25) is 9.59 Å². The molecular formula is C25H21N5O4. The molecule has 0 saturated carbocycles. The van der Waals surface area contributed by atoms with Gasteiger partial charge in [-0.05, 0) is 60.2 Å². The van der Waals surface area contributed by atoms with Gasteiger partial charge in [0, 0.05) is 17.7 Å². The van der Waals surface area contributed by atoms with Crippen LogP contribution in [-0.4, -0.2) is 39.9 Å². The van der Waals surface area contributed by atoms with Crippen molar-refractivity contribution < 1.29 is 14.3 Å². The fraction of sp³-hybridized carbons (Fsp3) is 0.120. The number of fused-ring (bicyclic) bond motifs is 3. The predicted molar refractivity (Wildman–Crippen MR) is 127 cm³/mol. The fourth-order valence-electron chi connectivity index (χ4n) is 3.78. The predicted octanol–water partition coefficient (Wildman–Crippen LogP) is 3.19. The molecular weight excluding hydrogens is 434 g/mol. The average Bonchev–Trinajstić information content (AvgIpc) is 3.31. The average molecular weight is 455 g/mol. The van der Waals surface area contributed by atoms with Crippen molar-refractivity contribution in [2.24, 2.45) is 0 Å². The normalized spacial score (nSPS) is 11.0. The molecule has 0 spiro atoms. The number of methoxy groups -OCH3 is 2. The molecule has 0 fully saturated rings. The molecule has 9 heteroatoms. The lowest BCUT2D eigenvalue weighted by Crippen LogP contribution is -2.23. The third kappa shape index (κ3) is 3.83. The van der Waals surface area contributed by atoms with Crippen LogP contribution < -0.4 is 20.3 Å². The molecule has 0 aliphatic rings. The lowest BCUT2D eigenvalue weighted by molar-refractivity contribution is 0.0951. The Morgan fingerprint density at radius 2 is 1.79 bits per heavy atom. The SMILES string of the molecule is COc1ccc(-c2n[nH]n3c2nc(=O)c2ccc(C(=O)NCc4cccc(OC)c4)cc23)cc1. The van der Waals surface area contributed by atoms with Crippen LogP contribution in [0.3, 0.4) is 0 Å². The number of nitrogens with zero attached hydrogens (tertiary/aromatic N) is 3. The second-order valence-electron chi connectivity index (χ2n) is 7.63. The Balaban J connectivity index is 1.50. The summed E-state index contributed by atoms with van der Waals surface area (Å²) >= 11 is 0. The van der Waals surface area contributed by atoms with E-state index in [9.17, 15) is 9.59 Å². The number of H-pyrrole nitrogens is 1. The van der Waals surface area contributed by atoms with Gasteiger partial charge in [0.1, 0.15) is 17.2 Å². The first-order chi connectivity index (χ1) is 16.6. The summed E-state index contributed by atoms with van der Waals surface area (Å²) < 4.78 is 12.0. The Labute approximate surface area is 194 Å². The highest BCUT2D eigenvalue weighted by Crippen LogP contribution is 2.25. The van der Waals surface area contributed by atoms with Crippen LogP contribution in [0, 0.1) is 0 Å². The van der Waals surface area contributed by atoms with E-state index >= 15 is 0 Å². The molecule has 9 nitrogen and oxygen atoms in total. The maximum Gasteiger partial charge on any atom is 0.281 e. The Hall–Kier alpha value is -4.66. The van der Waals surface area contributed by atoms with Crippen molar-refractivity contribution in [3.63, 3.8) is 0 Å². The second kappa shape index (κ2) is 8.70. The minimum absolute atomic E-state index is 0.266. The number of ether oxygens (including phenoxy) is 2. The summed E-state index contributed by atoms with van der Waals surface area (Å²) in [6.45, 7) is 0.339. The molecule has 0 bridgehead atoms. The molecule has 0 radical (unpaired) electrons. The summed E-state index contributed by atoms with van der Waals surface area (Å²) in [6.07, 6.45) is 0. The second-order valence-corrected chi connectivity index (χ2v) is 7.63. The fourth-order valence-corrected chi connectivity index (χ4v) is 3.78. The number of aromatic nitrogens is 4. The van der Waals surface area contributed by atoms with Crippen LogP contribution in [0.2, 0.25) is 0 Å². The number of hydrogen-bond acceptors (Lipinski definition) is 6. The minimum atomic E-state index is -0.394. The molecule has 2 N–H and O–H groups in total. The van der Waals surface area contributed by atoms with E-state index < -0.39 is 5.56 Å². The van der Waals surface area contributed by atoms with E-state index in [-0.39, 0.29) is 5.91 Å². The zero-order chi connectivity index (χ0) is 23.7. The third-order valence-corrected chi connectivity index (χ3v) is 5.57. The van der Waals surface area contributed by atoms with Crippen molar-refractivity contribution in [1.82, 2.24) is 25.1 Å². The van der Waals surface area contributed by atoms with Gasteiger partial charge in [-0.25, -0.2) is 9.73 Å². The van der Waals surface area contributed by atoms with E-state index in [1.165, 1.54) is 0 Å². The lowest BCUT2D eigenvalue weighted by Gasteiger charge is -2.08. The number of carbonyl (C=O) groups is 1. The molecule has 5 aromatic rings. The van der Waals surface area contributed by atoms with Crippen LogP contribution in [0.4, 0.5) is 0 Å². The minimum Gasteiger partial charge on any atom is -0.497 e. The highest BCUT2D eigenvalue weighted by Gasteiger charge is 2.16. The topological polar surface area (TPSA) is 111 Å². The Kier molecular flexibility index (Phi) is 5.43. The van der Waals surface area contributed by atoms with Gasteiger partial charge in [0.05, 0.1) is 25.1 Å². The van der Waals surface area contributed by atoms with E-state index in [1.807, 2.05) is 48.5 Å². The monoisotopic (exact) mass is 455 g/mol. The number of amides is 1. The maximum atomic E-state index is 12.8. The number of rotatable bonds is 6. The van der Waals surface area contributed by atoms with E-state index in [2.05, 4.69) is 20.6 Å². The van der Waals surface area contributed by atoms with Crippen LogP contribution in [0.15, 0.2) is 71.5 Å². The highest BCUT2D eigenvalue weighted by molar-refractivity contribution is 5.98. The smallest absolute Gasteiger partial charge is 0.281 e. The first-order valence-electron chi connectivity index (χ1n) is 10.5. The van der Waals surface area contributed by atoms with E-state index in [4.69, 9.17) is 9.47 Å². The molecule has 1 amide bonds. The van der Waals surface area contributed by atoms with Crippen molar-refractivity contribution >= 4 is 22.5 Å². The third-order valence-electron chi connectivity index (χ3n) is 5.57. The molecule has 0 aliphatic heterocycles. The number of carbonyl (C=O) groups excluding carboxylic acids is 1. The largest absolute Gasteiger partial charge is 0.497 e. The standard InChI is InChI=1S/C25H21N5O4/c1-33-18-9-6-16(7-10-18)22-23-27-25(32)20-11-8-17(13-21(20)30(23)29-28-22)24(31)26-14-15-4-3-5-19(12-15)34-2/h3-13,29H,14H2,1-2H3,(H,26,31). The van der Waals surface area contributed by atoms with Crippen LogP contribution in [-0.2, 0) is 6.54 Å². The molecule has 3 aromatic carbocycles. The van der Waals surface area contributed by atoms with Crippen LogP contribution in [0.5, 0.6) is 11.5 Å². The van der Waals surface area contributed by atoms with E-state index in [0.717, 1.165) is 16.9 Å². The Morgan fingerprint density at radius 3 is 2.56 bits per heavy atom. The van der Waals surface area contributed by atoms with Gasteiger partial charge in [0.15, 0.2) is 5.65 Å². The molecule has 0 atom stereocenters. The molecule has 0 unspecified atom stereocenters.